The highest BCUT2D eigenvalue weighted by Crippen LogP contribution is 2.09. The van der Waals surface area contributed by atoms with Gasteiger partial charge >= 0.3 is 0 Å². The summed E-state index contributed by atoms with van der Waals surface area (Å²) in [4.78, 5) is 14.4. The largest absolute Gasteiger partial charge is 0.396 e. The fourth-order valence-electron chi connectivity index (χ4n) is 2.24. The van der Waals surface area contributed by atoms with Crippen molar-refractivity contribution in [1.29, 1.82) is 0 Å². The van der Waals surface area contributed by atoms with Crippen molar-refractivity contribution in [3.63, 3.8) is 0 Å². The van der Waals surface area contributed by atoms with E-state index < -0.39 is 0 Å². The zero-order valence-corrected chi connectivity index (χ0v) is 11.4. The molecule has 19 heavy (non-hydrogen) atoms. The SMILES string of the molecule is CC(CN1CCOCC1)NC(=O)c1c(N)cnn1C. The van der Waals surface area contributed by atoms with Gasteiger partial charge in [-0.3, -0.25) is 14.4 Å². The smallest absolute Gasteiger partial charge is 0.271 e. The summed E-state index contributed by atoms with van der Waals surface area (Å²) in [5, 5.41) is 6.91. The van der Waals surface area contributed by atoms with E-state index in [0.717, 1.165) is 32.8 Å². The van der Waals surface area contributed by atoms with Crippen LogP contribution in [0.5, 0.6) is 0 Å². The Morgan fingerprint density at radius 1 is 1.58 bits per heavy atom. The highest BCUT2D eigenvalue weighted by atomic mass is 16.5. The van der Waals surface area contributed by atoms with Crippen molar-refractivity contribution in [1.82, 2.24) is 20.0 Å². The van der Waals surface area contributed by atoms with Gasteiger partial charge in [-0.2, -0.15) is 5.10 Å². The lowest BCUT2D eigenvalue weighted by Crippen LogP contribution is -2.46. The van der Waals surface area contributed by atoms with Crippen LogP contribution in [0.3, 0.4) is 0 Å². The Bertz CT molecular complexity index is 420. The Kier molecular flexibility index (Phi) is 4.39. The highest BCUT2D eigenvalue weighted by Gasteiger charge is 2.19. The zero-order chi connectivity index (χ0) is 13.8. The number of nitrogens with zero attached hydrogens (tertiary/aromatic N) is 3. The van der Waals surface area contributed by atoms with Gasteiger partial charge < -0.3 is 15.8 Å². The van der Waals surface area contributed by atoms with E-state index in [1.807, 2.05) is 6.92 Å². The maximum atomic E-state index is 12.1. The maximum Gasteiger partial charge on any atom is 0.271 e. The number of nitrogens with two attached hydrogens (primary N) is 1. The summed E-state index contributed by atoms with van der Waals surface area (Å²) in [6.07, 6.45) is 1.49. The van der Waals surface area contributed by atoms with Crippen LogP contribution in [0.1, 0.15) is 17.4 Å². The van der Waals surface area contributed by atoms with E-state index >= 15 is 0 Å². The molecule has 1 aromatic heterocycles. The quantitative estimate of drug-likeness (QED) is 0.765. The molecule has 1 aliphatic heterocycles. The number of amides is 1. The molecule has 2 rings (SSSR count). The van der Waals surface area contributed by atoms with Gasteiger partial charge in [-0.15, -0.1) is 0 Å². The number of anilines is 1. The van der Waals surface area contributed by atoms with Crippen molar-refractivity contribution >= 4 is 11.6 Å². The summed E-state index contributed by atoms with van der Waals surface area (Å²) in [6.45, 7) is 6.14. The van der Waals surface area contributed by atoms with Gasteiger partial charge in [-0.1, -0.05) is 0 Å². The molecule has 1 saturated heterocycles. The molecule has 0 aliphatic carbocycles. The summed E-state index contributed by atoms with van der Waals surface area (Å²) >= 11 is 0. The van der Waals surface area contributed by atoms with Crippen LogP contribution in [0.4, 0.5) is 5.69 Å². The standard InChI is InChI=1S/C12H21N5O2/c1-9(8-17-3-5-19-6-4-17)15-12(18)11-10(13)7-14-16(11)2/h7,9H,3-6,8,13H2,1-2H3,(H,15,18). The van der Waals surface area contributed by atoms with Crippen molar-refractivity contribution in [3.8, 4) is 0 Å². The summed E-state index contributed by atoms with van der Waals surface area (Å²) in [5.74, 6) is -0.182. The molecule has 3 N–H and O–H groups in total. The molecule has 1 unspecified atom stereocenters. The topological polar surface area (TPSA) is 85.4 Å². The normalized spacial score (nSPS) is 18.2. The van der Waals surface area contributed by atoms with E-state index in [9.17, 15) is 4.79 Å². The fourth-order valence-corrected chi connectivity index (χ4v) is 2.24. The van der Waals surface area contributed by atoms with Crippen molar-refractivity contribution in [3.05, 3.63) is 11.9 Å². The third kappa shape index (κ3) is 3.45. The van der Waals surface area contributed by atoms with Gasteiger partial charge in [0.05, 0.1) is 25.1 Å². The van der Waals surface area contributed by atoms with Crippen LogP contribution in [0, 0.1) is 0 Å². The summed E-state index contributed by atoms with van der Waals surface area (Å²) in [7, 11) is 1.71. The van der Waals surface area contributed by atoms with E-state index in [1.54, 1.807) is 7.05 Å². The minimum Gasteiger partial charge on any atom is -0.396 e. The van der Waals surface area contributed by atoms with Crippen molar-refractivity contribution in [2.24, 2.45) is 7.05 Å². The van der Waals surface area contributed by atoms with Crippen LogP contribution in [-0.4, -0.2) is 59.5 Å². The van der Waals surface area contributed by atoms with E-state index in [2.05, 4.69) is 15.3 Å². The predicted octanol–water partition coefficient (Wildman–Crippen LogP) is -0.547. The molecule has 0 saturated carbocycles. The van der Waals surface area contributed by atoms with Gasteiger partial charge in [0.2, 0.25) is 0 Å². The second-order valence-electron chi connectivity index (χ2n) is 4.86. The number of ether oxygens (including phenoxy) is 1. The maximum absolute atomic E-state index is 12.1. The lowest BCUT2D eigenvalue weighted by molar-refractivity contribution is 0.0342. The molecule has 1 atom stereocenters. The molecule has 1 amide bonds. The van der Waals surface area contributed by atoms with Crippen LogP contribution in [0.15, 0.2) is 6.20 Å². The second-order valence-corrected chi connectivity index (χ2v) is 4.86. The molecule has 106 valence electrons. The Labute approximate surface area is 112 Å². The average molecular weight is 267 g/mol. The average Bonchev–Trinajstić information content (AvgIpc) is 2.70. The van der Waals surface area contributed by atoms with Crippen LogP contribution < -0.4 is 11.1 Å². The lowest BCUT2D eigenvalue weighted by Gasteiger charge is -2.29. The number of aryl methyl sites for hydroxylation is 1. The molecule has 2 heterocycles. The van der Waals surface area contributed by atoms with E-state index in [0.29, 0.717) is 11.4 Å². The molecule has 1 aliphatic rings. The third-order valence-electron chi connectivity index (χ3n) is 3.20. The van der Waals surface area contributed by atoms with Gasteiger partial charge in [0.1, 0.15) is 5.69 Å². The monoisotopic (exact) mass is 267 g/mol. The minimum atomic E-state index is -0.182. The molecule has 0 spiro atoms. The number of hydrogen-bond acceptors (Lipinski definition) is 5. The van der Waals surface area contributed by atoms with Crippen LogP contribution >= 0.6 is 0 Å². The first kappa shape index (κ1) is 13.8. The number of aromatic nitrogens is 2. The van der Waals surface area contributed by atoms with Gasteiger partial charge in [-0.05, 0) is 6.92 Å². The molecular formula is C12H21N5O2. The fraction of sp³-hybridized carbons (Fsp3) is 0.667. The second kappa shape index (κ2) is 6.03. The van der Waals surface area contributed by atoms with Crippen molar-refractivity contribution in [2.75, 3.05) is 38.6 Å². The van der Waals surface area contributed by atoms with Crippen LogP contribution in [0.2, 0.25) is 0 Å². The molecule has 0 aromatic carbocycles. The van der Waals surface area contributed by atoms with Crippen molar-refractivity contribution < 1.29 is 9.53 Å². The first-order chi connectivity index (χ1) is 9.08. The highest BCUT2D eigenvalue weighted by molar-refractivity contribution is 5.97. The van der Waals surface area contributed by atoms with Gasteiger partial charge in [0.25, 0.3) is 5.91 Å². The molecule has 1 aromatic rings. The molecule has 0 bridgehead atoms. The predicted molar refractivity (Wildman–Crippen MR) is 71.8 cm³/mol. The van der Waals surface area contributed by atoms with Crippen molar-refractivity contribution in [2.45, 2.75) is 13.0 Å². The molecular weight excluding hydrogens is 246 g/mol. The Balaban J connectivity index is 1.88. The molecule has 7 heteroatoms. The number of nitrogens with one attached hydrogen (secondary N) is 1. The van der Waals surface area contributed by atoms with E-state index in [4.69, 9.17) is 10.5 Å². The number of rotatable bonds is 4. The number of carbonyl (C=O) groups excluding carboxylic acids is 1. The first-order valence-electron chi connectivity index (χ1n) is 6.46. The van der Waals surface area contributed by atoms with E-state index in [1.165, 1.54) is 10.9 Å². The zero-order valence-electron chi connectivity index (χ0n) is 11.4. The van der Waals surface area contributed by atoms with Gasteiger partial charge in [-0.25, -0.2) is 0 Å². The Morgan fingerprint density at radius 2 is 2.26 bits per heavy atom. The Hall–Kier alpha value is -1.60. The van der Waals surface area contributed by atoms with E-state index in [-0.39, 0.29) is 11.9 Å². The number of nitrogen functional groups attached to an aromatic ring is 1. The molecule has 1 fully saturated rings. The van der Waals surface area contributed by atoms with Crippen LogP contribution in [0.25, 0.3) is 0 Å². The lowest BCUT2D eigenvalue weighted by atomic mass is 10.2. The molecule has 7 nitrogen and oxygen atoms in total. The van der Waals surface area contributed by atoms with Gasteiger partial charge in [0.15, 0.2) is 0 Å². The summed E-state index contributed by atoms with van der Waals surface area (Å²) in [5.41, 5.74) is 6.54. The third-order valence-corrected chi connectivity index (χ3v) is 3.20. The molecule has 0 radical (unpaired) electrons. The number of morpholine rings is 1. The number of hydrogen-bond donors (Lipinski definition) is 2. The van der Waals surface area contributed by atoms with Gasteiger partial charge in [0, 0.05) is 32.7 Å². The Morgan fingerprint density at radius 3 is 2.84 bits per heavy atom. The summed E-state index contributed by atoms with van der Waals surface area (Å²) in [6, 6.07) is 0.0555. The summed E-state index contributed by atoms with van der Waals surface area (Å²) < 4.78 is 6.79. The minimum absolute atomic E-state index is 0.0555. The number of carbonyl (C=O) groups is 1. The van der Waals surface area contributed by atoms with Crippen LogP contribution in [-0.2, 0) is 11.8 Å². The first-order valence-corrected chi connectivity index (χ1v) is 6.46.